The third-order valence-electron chi connectivity index (χ3n) is 3.96. The highest BCUT2D eigenvalue weighted by atomic mass is 32.1. The number of hydrogen-bond acceptors (Lipinski definition) is 4. The molecule has 2 aliphatic rings. The molecule has 2 bridgehead atoms. The van der Waals surface area contributed by atoms with E-state index in [0.29, 0.717) is 6.10 Å². The monoisotopic (exact) mass is 252 g/mol. The lowest BCUT2D eigenvalue weighted by Gasteiger charge is -2.29. The van der Waals surface area contributed by atoms with Crippen LogP contribution in [0, 0.1) is 6.92 Å². The van der Waals surface area contributed by atoms with Gasteiger partial charge in [0.2, 0.25) is 0 Å². The van der Waals surface area contributed by atoms with Crippen LogP contribution in [0.25, 0.3) is 0 Å². The smallest absolute Gasteiger partial charge is 0.0797 e. The molecule has 0 spiro atoms. The second-order valence-electron chi connectivity index (χ2n) is 5.21. The molecule has 2 atom stereocenters. The van der Waals surface area contributed by atoms with Gasteiger partial charge in [0.05, 0.1) is 23.9 Å². The summed E-state index contributed by atoms with van der Waals surface area (Å²) in [7, 11) is 0. The number of nitrogens with one attached hydrogen (secondary N) is 1. The summed E-state index contributed by atoms with van der Waals surface area (Å²) in [4.78, 5) is 5.65. The van der Waals surface area contributed by atoms with Crippen molar-refractivity contribution in [3.8, 4) is 0 Å². The summed E-state index contributed by atoms with van der Waals surface area (Å²) in [5.74, 6) is 0. The maximum absolute atomic E-state index is 6.03. The van der Waals surface area contributed by atoms with E-state index in [0.717, 1.165) is 25.1 Å². The number of ether oxygens (including phenoxy) is 1. The number of piperidine rings is 1. The van der Waals surface area contributed by atoms with Crippen LogP contribution in [0.1, 0.15) is 36.3 Å². The first kappa shape index (κ1) is 11.6. The van der Waals surface area contributed by atoms with E-state index in [4.69, 9.17) is 4.74 Å². The van der Waals surface area contributed by atoms with Gasteiger partial charge in [-0.2, -0.15) is 0 Å². The van der Waals surface area contributed by atoms with Gasteiger partial charge in [-0.05, 0) is 32.6 Å². The summed E-state index contributed by atoms with van der Waals surface area (Å²) >= 11 is 1.75. The highest BCUT2D eigenvalue weighted by Crippen LogP contribution is 2.28. The van der Waals surface area contributed by atoms with Crippen LogP contribution in [0.5, 0.6) is 0 Å². The summed E-state index contributed by atoms with van der Waals surface area (Å²) < 4.78 is 6.03. The molecule has 94 valence electrons. The van der Waals surface area contributed by atoms with Gasteiger partial charge in [-0.3, -0.25) is 0 Å². The van der Waals surface area contributed by atoms with Crippen LogP contribution in [0.2, 0.25) is 0 Å². The largest absolute Gasteiger partial charge is 0.378 e. The van der Waals surface area contributed by atoms with Gasteiger partial charge < -0.3 is 10.1 Å². The lowest BCUT2D eigenvalue weighted by atomic mass is 10.0. The normalized spacial score (nSPS) is 31.9. The van der Waals surface area contributed by atoms with E-state index < -0.39 is 0 Å². The van der Waals surface area contributed by atoms with E-state index in [-0.39, 0.29) is 0 Å². The van der Waals surface area contributed by atoms with E-state index in [2.05, 4.69) is 17.2 Å². The van der Waals surface area contributed by atoms with Crippen LogP contribution < -0.4 is 5.32 Å². The molecule has 0 saturated carbocycles. The number of nitrogens with zero attached hydrogens (tertiary/aromatic N) is 1. The highest BCUT2D eigenvalue weighted by Gasteiger charge is 2.33. The molecule has 1 N–H and O–H groups in total. The van der Waals surface area contributed by atoms with E-state index in [9.17, 15) is 0 Å². The van der Waals surface area contributed by atoms with Crippen molar-refractivity contribution in [1.29, 1.82) is 0 Å². The van der Waals surface area contributed by atoms with Crippen LogP contribution in [-0.4, -0.2) is 29.8 Å². The number of aryl methyl sites for hydroxylation is 1. The number of thiazole rings is 1. The van der Waals surface area contributed by atoms with Crippen molar-refractivity contribution < 1.29 is 4.74 Å². The Morgan fingerprint density at radius 1 is 1.41 bits per heavy atom. The zero-order chi connectivity index (χ0) is 11.7. The van der Waals surface area contributed by atoms with Crippen LogP contribution in [0.15, 0.2) is 5.51 Å². The summed E-state index contributed by atoms with van der Waals surface area (Å²) in [5.41, 5.74) is 3.10. The SMILES string of the molecule is Cc1ncsc1CCOC1CC2CCC(C1)N2. The Balaban J connectivity index is 1.44. The quantitative estimate of drug-likeness (QED) is 0.893. The van der Waals surface area contributed by atoms with E-state index >= 15 is 0 Å². The van der Waals surface area contributed by atoms with Gasteiger partial charge in [-0.1, -0.05) is 0 Å². The second-order valence-corrected chi connectivity index (χ2v) is 6.15. The van der Waals surface area contributed by atoms with Crippen molar-refractivity contribution >= 4 is 11.3 Å². The molecular formula is C13H20N2OS. The molecule has 0 aliphatic carbocycles. The van der Waals surface area contributed by atoms with Gasteiger partial charge in [0.15, 0.2) is 0 Å². The molecular weight excluding hydrogens is 232 g/mol. The number of aromatic nitrogens is 1. The van der Waals surface area contributed by atoms with Gasteiger partial charge in [-0.25, -0.2) is 4.98 Å². The van der Waals surface area contributed by atoms with Crippen LogP contribution in [-0.2, 0) is 11.2 Å². The molecule has 3 heterocycles. The zero-order valence-corrected chi connectivity index (χ0v) is 11.1. The van der Waals surface area contributed by atoms with Crippen molar-refractivity contribution in [1.82, 2.24) is 10.3 Å². The van der Waals surface area contributed by atoms with Crippen LogP contribution in [0.3, 0.4) is 0 Å². The molecule has 2 aliphatic heterocycles. The summed E-state index contributed by atoms with van der Waals surface area (Å²) in [6.45, 7) is 2.93. The summed E-state index contributed by atoms with van der Waals surface area (Å²) in [6.07, 6.45) is 6.62. The number of fused-ring (bicyclic) bond motifs is 2. The Morgan fingerprint density at radius 3 is 2.82 bits per heavy atom. The lowest BCUT2D eigenvalue weighted by Crippen LogP contribution is -2.41. The molecule has 2 saturated heterocycles. The number of rotatable bonds is 4. The standard InChI is InChI=1S/C13H20N2OS/c1-9-13(17-8-14-9)4-5-16-12-6-10-2-3-11(7-12)15-10/h8,10-12,15H,2-7H2,1H3. The topological polar surface area (TPSA) is 34.1 Å². The Labute approximate surface area is 107 Å². The first-order valence-corrected chi connectivity index (χ1v) is 7.46. The Hall–Kier alpha value is -0.450. The molecule has 0 radical (unpaired) electrons. The molecule has 4 heteroatoms. The van der Waals surface area contributed by atoms with Gasteiger partial charge in [0.25, 0.3) is 0 Å². The predicted molar refractivity (Wildman–Crippen MR) is 69.5 cm³/mol. The van der Waals surface area contributed by atoms with E-state index in [1.54, 1.807) is 11.3 Å². The Kier molecular flexibility index (Phi) is 3.45. The third kappa shape index (κ3) is 2.69. The van der Waals surface area contributed by atoms with Gasteiger partial charge in [-0.15, -0.1) is 11.3 Å². The van der Waals surface area contributed by atoms with E-state index in [1.807, 2.05) is 5.51 Å². The Morgan fingerprint density at radius 2 is 2.18 bits per heavy atom. The minimum absolute atomic E-state index is 0.488. The molecule has 2 fully saturated rings. The maximum atomic E-state index is 6.03. The molecule has 1 aromatic heterocycles. The maximum Gasteiger partial charge on any atom is 0.0797 e. The molecule has 17 heavy (non-hydrogen) atoms. The minimum Gasteiger partial charge on any atom is -0.378 e. The average Bonchev–Trinajstić information content (AvgIpc) is 2.86. The molecule has 0 aromatic carbocycles. The molecule has 0 amide bonds. The fourth-order valence-corrected chi connectivity index (χ4v) is 3.79. The minimum atomic E-state index is 0.488. The van der Waals surface area contributed by atoms with Gasteiger partial charge >= 0.3 is 0 Å². The van der Waals surface area contributed by atoms with E-state index in [1.165, 1.54) is 36.3 Å². The summed E-state index contributed by atoms with van der Waals surface area (Å²) in [6, 6.07) is 1.45. The van der Waals surface area contributed by atoms with Crippen molar-refractivity contribution in [3.05, 3.63) is 16.1 Å². The third-order valence-corrected chi connectivity index (χ3v) is 4.95. The fourth-order valence-electron chi connectivity index (χ4n) is 3.03. The van der Waals surface area contributed by atoms with Gasteiger partial charge in [0.1, 0.15) is 0 Å². The van der Waals surface area contributed by atoms with Crippen molar-refractivity contribution in [2.75, 3.05) is 6.61 Å². The average molecular weight is 252 g/mol. The zero-order valence-electron chi connectivity index (χ0n) is 10.3. The number of hydrogen-bond donors (Lipinski definition) is 1. The molecule has 3 rings (SSSR count). The van der Waals surface area contributed by atoms with Crippen LogP contribution >= 0.6 is 11.3 Å². The Bertz CT molecular complexity index is 367. The fraction of sp³-hybridized carbons (Fsp3) is 0.769. The van der Waals surface area contributed by atoms with Crippen LogP contribution in [0.4, 0.5) is 0 Å². The first-order chi connectivity index (χ1) is 8.31. The molecule has 1 aromatic rings. The lowest BCUT2D eigenvalue weighted by molar-refractivity contribution is 0.0223. The summed E-state index contributed by atoms with van der Waals surface area (Å²) in [5, 5.41) is 3.65. The van der Waals surface area contributed by atoms with Crippen molar-refractivity contribution in [3.63, 3.8) is 0 Å². The predicted octanol–water partition coefficient (Wildman–Crippen LogP) is 2.29. The molecule has 3 nitrogen and oxygen atoms in total. The second kappa shape index (κ2) is 5.04. The van der Waals surface area contributed by atoms with Crippen molar-refractivity contribution in [2.24, 2.45) is 0 Å². The highest BCUT2D eigenvalue weighted by molar-refractivity contribution is 7.09. The van der Waals surface area contributed by atoms with Crippen molar-refractivity contribution in [2.45, 2.75) is 57.2 Å². The first-order valence-electron chi connectivity index (χ1n) is 6.58. The van der Waals surface area contributed by atoms with Gasteiger partial charge in [0, 0.05) is 23.4 Å². The molecule has 2 unspecified atom stereocenters.